The number of amidine groups is 1. The van der Waals surface area contributed by atoms with Crippen molar-refractivity contribution in [1.82, 2.24) is 0 Å². The largest absolute Gasteiger partial charge is 0.381 e. The van der Waals surface area contributed by atoms with Crippen LogP contribution in [0.1, 0.15) is 31.1 Å². The fourth-order valence-corrected chi connectivity index (χ4v) is 5.90. The van der Waals surface area contributed by atoms with Gasteiger partial charge >= 0.3 is 0 Å². The van der Waals surface area contributed by atoms with Gasteiger partial charge in [-0.3, -0.25) is 4.99 Å². The predicted octanol–water partition coefficient (Wildman–Crippen LogP) is 3.73. The van der Waals surface area contributed by atoms with E-state index in [0.29, 0.717) is 0 Å². The molecule has 0 radical (unpaired) electrons. The van der Waals surface area contributed by atoms with Gasteiger partial charge in [0.1, 0.15) is 0 Å². The van der Waals surface area contributed by atoms with Crippen molar-refractivity contribution in [3.63, 3.8) is 0 Å². The summed E-state index contributed by atoms with van der Waals surface area (Å²) in [5.41, 5.74) is 5.93. The number of halogens is 1. The molecule has 1 spiro atoms. The summed E-state index contributed by atoms with van der Waals surface area (Å²) in [5, 5.41) is 2.84. The summed E-state index contributed by atoms with van der Waals surface area (Å²) in [6.07, 6.45) is 3.17. The molecule has 6 heteroatoms. The number of ether oxygens (including phenoxy) is 1. The average molecular weight is 361 g/mol. The van der Waals surface area contributed by atoms with Crippen LogP contribution in [-0.4, -0.2) is 23.1 Å². The highest BCUT2D eigenvalue weighted by Crippen LogP contribution is 2.51. The summed E-state index contributed by atoms with van der Waals surface area (Å²) in [4.78, 5) is 6.04. The Bertz CT molecular complexity index is 510. The third-order valence-electron chi connectivity index (χ3n) is 3.85. The fourth-order valence-electron chi connectivity index (χ4n) is 2.95. The van der Waals surface area contributed by atoms with Crippen molar-refractivity contribution in [1.29, 1.82) is 0 Å². The molecule has 0 saturated carbocycles. The van der Waals surface area contributed by atoms with E-state index in [9.17, 15) is 0 Å². The molecule has 19 heavy (non-hydrogen) atoms. The highest BCUT2D eigenvalue weighted by molar-refractivity contribution is 9.10. The molecule has 1 saturated heterocycles. The Kier molecular flexibility index (Phi) is 3.71. The second-order valence-electron chi connectivity index (χ2n) is 5.43. The number of nitrogens with zero attached hydrogens (tertiary/aromatic N) is 1. The first kappa shape index (κ1) is 13.9. The van der Waals surface area contributed by atoms with E-state index >= 15 is 0 Å². The smallest absolute Gasteiger partial charge is 0.155 e. The molecular weight excluding hydrogens is 344 g/mol. The molecule has 0 amide bonds. The molecule has 3 rings (SSSR count). The van der Waals surface area contributed by atoms with E-state index in [1.165, 1.54) is 4.88 Å². The van der Waals surface area contributed by atoms with Gasteiger partial charge in [-0.05, 0) is 48.2 Å². The van der Waals surface area contributed by atoms with Crippen LogP contribution in [0.3, 0.4) is 0 Å². The summed E-state index contributed by atoms with van der Waals surface area (Å²) in [6.45, 7) is 3.88. The molecule has 1 aromatic heterocycles. The molecule has 0 aliphatic carbocycles. The molecule has 2 aliphatic rings. The summed E-state index contributed by atoms with van der Waals surface area (Å²) >= 11 is 7.04. The molecule has 3 heterocycles. The van der Waals surface area contributed by atoms with Crippen molar-refractivity contribution in [2.75, 3.05) is 13.2 Å². The van der Waals surface area contributed by atoms with Gasteiger partial charge in [-0.2, -0.15) is 0 Å². The monoisotopic (exact) mass is 360 g/mol. The molecule has 0 bridgehead atoms. The maximum absolute atomic E-state index is 6.13. The van der Waals surface area contributed by atoms with Crippen LogP contribution in [0.5, 0.6) is 0 Å². The van der Waals surface area contributed by atoms with Gasteiger partial charge in [-0.1, -0.05) is 11.8 Å². The first-order valence-corrected chi connectivity index (χ1v) is 8.87. The average Bonchev–Trinajstić information content (AvgIpc) is 2.76. The Morgan fingerprint density at radius 1 is 1.42 bits per heavy atom. The highest BCUT2D eigenvalue weighted by atomic mass is 79.9. The normalized spacial score (nSPS) is 30.3. The van der Waals surface area contributed by atoms with Crippen LogP contribution >= 0.6 is 39.0 Å². The molecule has 0 aromatic carbocycles. The van der Waals surface area contributed by atoms with E-state index in [4.69, 9.17) is 15.5 Å². The quantitative estimate of drug-likeness (QED) is 0.829. The van der Waals surface area contributed by atoms with Crippen LogP contribution in [0.15, 0.2) is 20.9 Å². The number of rotatable bonds is 1. The third-order valence-corrected chi connectivity index (χ3v) is 7.08. The van der Waals surface area contributed by atoms with Gasteiger partial charge in [0.15, 0.2) is 5.17 Å². The van der Waals surface area contributed by atoms with E-state index < -0.39 is 0 Å². The highest BCUT2D eigenvalue weighted by Gasteiger charge is 2.46. The molecule has 2 N–H and O–H groups in total. The molecule has 1 fully saturated rings. The number of nitrogens with two attached hydrogens (primary N) is 1. The number of aliphatic imine (C=N–C) groups is 1. The van der Waals surface area contributed by atoms with E-state index in [1.54, 1.807) is 23.1 Å². The van der Waals surface area contributed by atoms with Crippen LogP contribution in [0.25, 0.3) is 0 Å². The first-order valence-electron chi connectivity index (χ1n) is 6.38. The standard InChI is InChI=1S/C13H17BrN2OS2/c1-12(10-6-9(14)7-18-10)8-13(19-11(15)16-12)2-4-17-5-3-13/h6-7H,2-5,8H2,1H3,(H2,15,16). The van der Waals surface area contributed by atoms with Crippen molar-refractivity contribution in [3.8, 4) is 0 Å². The lowest BCUT2D eigenvalue weighted by Gasteiger charge is -2.44. The van der Waals surface area contributed by atoms with Gasteiger partial charge in [0.2, 0.25) is 0 Å². The Morgan fingerprint density at radius 3 is 2.79 bits per heavy atom. The Morgan fingerprint density at radius 2 is 2.16 bits per heavy atom. The number of hydrogen-bond donors (Lipinski definition) is 1. The van der Waals surface area contributed by atoms with Gasteiger partial charge in [-0.25, -0.2) is 0 Å². The SMILES string of the molecule is CC1(c2cc(Br)cs2)CC2(CCOCC2)SC(N)=N1. The minimum absolute atomic E-state index is 0.191. The molecule has 1 atom stereocenters. The third kappa shape index (κ3) is 2.73. The van der Waals surface area contributed by atoms with Crippen LogP contribution in [0.2, 0.25) is 0 Å². The topological polar surface area (TPSA) is 47.6 Å². The second-order valence-corrected chi connectivity index (χ2v) is 8.74. The molecule has 104 valence electrons. The maximum atomic E-state index is 6.13. The summed E-state index contributed by atoms with van der Waals surface area (Å²) < 4.78 is 6.84. The Hall–Kier alpha value is -0.0400. The van der Waals surface area contributed by atoms with Crippen LogP contribution in [0, 0.1) is 0 Å². The lowest BCUT2D eigenvalue weighted by Crippen LogP contribution is -2.44. The van der Waals surface area contributed by atoms with E-state index in [-0.39, 0.29) is 10.3 Å². The summed E-state index contributed by atoms with van der Waals surface area (Å²) in [6, 6.07) is 2.17. The lowest BCUT2D eigenvalue weighted by molar-refractivity contribution is 0.0694. The van der Waals surface area contributed by atoms with Crippen molar-refractivity contribution < 1.29 is 4.74 Å². The Balaban J connectivity index is 1.95. The van der Waals surface area contributed by atoms with Crippen molar-refractivity contribution in [2.24, 2.45) is 10.7 Å². The molecule has 1 aromatic rings. The predicted molar refractivity (Wildman–Crippen MR) is 86.0 cm³/mol. The second kappa shape index (κ2) is 5.06. The van der Waals surface area contributed by atoms with Gasteiger partial charge in [-0.15, -0.1) is 11.3 Å². The zero-order valence-corrected chi connectivity index (χ0v) is 14.0. The summed E-state index contributed by atoms with van der Waals surface area (Å²) in [5.74, 6) is 0. The van der Waals surface area contributed by atoms with Crippen LogP contribution in [0.4, 0.5) is 0 Å². The molecule has 1 unspecified atom stereocenters. The maximum Gasteiger partial charge on any atom is 0.155 e. The number of thioether (sulfide) groups is 1. The van der Waals surface area contributed by atoms with E-state index in [0.717, 1.165) is 42.1 Å². The van der Waals surface area contributed by atoms with Gasteiger partial charge in [0, 0.05) is 32.7 Å². The van der Waals surface area contributed by atoms with Crippen molar-refractivity contribution in [2.45, 2.75) is 36.5 Å². The Labute approximate surface area is 130 Å². The van der Waals surface area contributed by atoms with Gasteiger partial charge < -0.3 is 10.5 Å². The first-order chi connectivity index (χ1) is 9.01. The molecule has 3 nitrogen and oxygen atoms in total. The zero-order valence-electron chi connectivity index (χ0n) is 10.8. The summed E-state index contributed by atoms with van der Waals surface area (Å²) in [7, 11) is 0. The van der Waals surface area contributed by atoms with Gasteiger partial charge in [0.05, 0.1) is 5.54 Å². The van der Waals surface area contributed by atoms with E-state index in [2.05, 4.69) is 34.3 Å². The minimum atomic E-state index is -0.191. The number of hydrogen-bond acceptors (Lipinski definition) is 5. The number of thiophene rings is 1. The molecular formula is C13H17BrN2OS2. The molecule has 2 aliphatic heterocycles. The lowest BCUT2D eigenvalue weighted by atomic mass is 9.83. The van der Waals surface area contributed by atoms with Crippen LogP contribution < -0.4 is 5.73 Å². The zero-order chi connectivity index (χ0) is 13.5. The minimum Gasteiger partial charge on any atom is -0.381 e. The fraction of sp³-hybridized carbons (Fsp3) is 0.615. The van der Waals surface area contributed by atoms with E-state index in [1.807, 2.05) is 0 Å². The van der Waals surface area contributed by atoms with Crippen LogP contribution in [-0.2, 0) is 10.3 Å². The van der Waals surface area contributed by atoms with Gasteiger partial charge in [0.25, 0.3) is 0 Å². The van der Waals surface area contributed by atoms with Crippen molar-refractivity contribution in [3.05, 3.63) is 20.8 Å². The van der Waals surface area contributed by atoms with Crippen molar-refractivity contribution >= 4 is 44.2 Å².